The van der Waals surface area contributed by atoms with Crippen molar-refractivity contribution in [2.24, 2.45) is 5.92 Å². The Morgan fingerprint density at radius 1 is 1.00 bits per heavy atom. The van der Waals surface area contributed by atoms with Gasteiger partial charge in [0.1, 0.15) is 18.4 Å². The Hall–Kier alpha value is -3.91. The van der Waals surface area contributed by atoms with Crippen LogP contribution in [0.2, 0.25) is 5.02 Å². The molecule has 0 aliphatic rings. The molecular formula is C26H26ClN3O5. The Balaban J connectivity index is 1.60. The average molecular weight is 496 g/mol. The highest BCUT2D eigenvalue weighted by Gasteiger charge is 2.26. The van der Waals surface area contributed by atoms with Gasteiger partial charge in [-0.1, -0.05) is 67.9 Å². The summed E-state index contributed by atoms with van der Waals surface area (Å²) in [7, 11) is 0. The van der Waals surface area contributed by atoms with Crippen molar-refractivity contribution in [3.63, 3.8) is 0 Å². The standard InChI is InChI=1S/C26H26ClN3O5/c1-17(2)24(29-25(31)22-12-11-20(30(33)34)14-23(22)27)26(32)28-15-19-9-6-10-21(13-19)35-16-18-7-4-3-5-8-18/h3-14,17,24H,15-16H2,1-2H3,(H,28,32)(H,29,31). The number of hydrogen-bond donors (Lipinski definition) is 2. The molecule has 0 saturated heterocycles. The van der Waals surface area contributed by atoms with Crippen LogP contribution in [0.1, 0.15) is 35.3 Å². The SMILES string of the molecule is CC(C)C(NC(=O)c1ccc([N+](=O)[O-])cc1Cl)C(=O)NCc1cccc(OCc2ccccc2)c1. The zero-order chi connectivity index (χ0) is 25.4. The molecule has 8 nitrogen and oxygen atoms in total. The molecule has 35 heavy (non-hydrogen) atoms. The van der Waals surface area contributed by atoms with Gasteiger partial charge >= 0.3 is 0 Å². The van der Waals surface area contributed by atoms with Crippen LogP contribution < -0.4 is 15.4 Å². The van der Waals surface area contributed by atoms with Crippen molar-refractivity contribution in [2.45, 2.75) is 33.0 Å². The maximum Gasteiger partial charge on any atom is 0.270 e. The minimum atomic E-state index is -0.828. The quantitative estimate of drug-likeness (QED) is 0.307. The van der Waals surface area contributed by atoms with E-state index < -0.39 is 16.9 Å². The third kappa shape index (κ3) is 7.28. The second kappa shape index (κ2) is 12.0. The van der Waals surface area contributed by atoms with Gasteiger partial charge in [0.25, 0.3) is 11.6 Å². The summed E-state index contributed by atoms with van der Waals surface area (Å²) in [5.74, 6) is -0.476. The number of rotatable bonds is 10. The van der Waals surface area contributed by atoms with Gasteiger partial charge in [0.15, 0.2) is 0 Å². The van der Waals surface area contributed by atoms with Gasteiger partial charge < -0.3 is 15.4 Å². The summed E-state index contributed by atoms with van der Waals surface area (Å²) in [6.07, 6.45) is 0. The van der Waals surface area contributed by atoms with Gasteiger partial charge in [-0.2, -0.15) is 0 Å². The van der Waals surface area contributed by atoms with Gasteiger partial charge in [-0.05, 0) is 35.2 Å². The molecule has 0 fully saturated rings. The third-order valence-corrected chi connectivity index (χ3v) is 5.57. The molecule has 9 heteroatoms. The van der Waals surface area contributed by atoms with Crippen LogP contribution in [0.15, 0.2) is 72.8 Å². The van der Waals surface area contributed by atoms with E-state index in [-0.39, 0.29) is 34.6 Å². The lowest BCUT2D eigenvalue weighted by atomic mass is 10.0. The van der Waals surface area contributed by atoms with Crippen molar-refractivity contribution in [2.75, 3.05) is 0 Å². The summed E-state index contributed by atoms with van der Waals surface area (Å²) in [4.78, 5) is 35.9. The molecule has 3 aromatic rings. The van der Waals surface area contributed by atoms with Crippen LogP contribution in [0, 0.1) is 16.0 Å². The number of nitro benzene ring substituents is 1. The van der Waals surface area contributed by atoms with E-state index in [1.165, 1.54) is 12.1 Å². The maximum absolute atomic E-state index is 12.9. The van der Waals surface area contributed by atoms with E-state index in [4.69, 9.17) is 16.3 Å². The first-order chi connectivity index (χ1) is 16.7. The van der Waals surface area contributed by atoms with Crippen molar-refractivity contribution in [3.05, 3.63) is 105 Å². The smallest absolute Gasteiger partial charge is 0.270 e. The first-order valence-corrected chi connectivity index (χ1v) is 11.4. The lowest BCUT2D eigenvalue weighted by Gasteiger charge is -2.22. The highest BCUT2D eigenvalue weighted by atomic mass is 35.5. The van der Waals surface area contributed by atoms with E-state index >= 15 is 0 Å². The summed E-state index contributed by atoms with van der Waals surface area (Å²) >= 11 is 6.05. The van der Waals surface area contributed by atoms with E-state index in [0.717, 1.165) is 17.2 Å². The molecule has 0 bridgehead atoms. The summed E-state index contributed by atoms with van der Waals surface area (Å²) in [5, 5.41) is 16.3. The molecule has 3 rings (SSSR count). The second-order valence-corrected chi connectivity index (χ2v) is 8.66. The lowest BCUT2D eigenvalue weighted by Crippen LogP contribution is -2.49. The van der Waals surface area contributed by atoms with Crippen molar-refractivity contribution in [1.29, 1.82) is 0 Å². The van der Waals surface area contributed by atoms with E-state index in [1.807, 2.05) is 54.6 Å². The first kappa shape index (κ1) is 25.7. The molecule has 1 unspecified atom stereocenters. The number of halogens is 1. The van der Waals surface area contributed by atoms with Crippen LogP contribution in [-0.2, 0) is 17.9 Å². The molecule has 2 amide bonds. The van der Waals surface area contributed by atoms with Gasteiger partial charge in [-0.15, -0.1) is 0 Å². The van der Waals surface area contributed by atoms with Gasteiger partial charge in [0.2, 0.25) is 5.91 Å². The number of ether oxygens (including phenoxy) is 1. The summed E-state index contributed by atoms with van der Waals surface area (Å²) in [5.41, 5.74) is 1.73. The Bertz CT molecular complexity index is 1200. The maximum atomic E-state index is 12.9. The summed E-state index contributed by atoms with van der Waals surface area (Å²) in [6, 6.07) is 20.0. The van der Waals surface area contributed by atoms with Crippen molar-refractivity contribution >= 4 is 29.1 Å². The van der Waals surface area contributed by atoms with Crippen LogP contribution in [0.5, 0.6) is 5.75 Å². The minimum absolute atomic E-state index is 0.0546. The van der Waals surface area contributed by atoms with Crippen LogP contribution in [-0.4, -0.2) is 22.8 Å². The molecule has 0 aromatic heterocycles. The van der Waals surface area contributed by atoms with Gasteiger partial charge in [0, 0.05) is 18.7 Å². The molecule has 0 aliphatic carbocycles. The fourth-order valence-electron chi connectivity index (χ4n) is 3.34. The highest BCUT2D eigenvalue weighted by molar-refractivity contribution is 6.34. The highest BCUT2D eigenvalue weighted by Crippen LogP contribution is 2.23. The van der Waals surface area contributed by atoms with Gasteiger partial charge in [0.05, 0.1) is 15.5 Å². The lowest BCUT2D eigenvalue weighted by molar-refractivity contribution is -0.384. The van der Waals surface area contributed by atoms with E-state index in [0.29, 0.717) is 12.4 Å². The number of non-ortho nitro benzene ring substituents is 1. The Labute approximate surface area is 208 Å². The van der Waals surface area contributed by atoms with Gasteiger partial charge in [-0.3, -0.25) is 19.7 Å². The molecule has 2 N–H and O–H groups in total. The molecule has 1 atom stereocenters. The zero-order valence-electron chi connectivity index (χ0n) is 19.4. The molecule has 182 valence electrons. The molecule has 3 aromatic carbocycles. The summed E-state index contributed by atoms with van der Waals surface area (Å²) < 4.78 is 5.84. The van der Waals surface area contributed by atoms with E-state index in [9.17, 15) is 19.7 Å². The van der Waals surface area contributed by atoms with Crippen molar-refractivity contribution in [3.8, 4) is 5.75 Å². The monoisotopic (exact) mass is 495 g/mol. The largest absolute Gasteiger partial charge is 0.489 e. The number of nitro groups is 1. The fourth-order valence-corrected chi connectivity index (χ4v) is 3.60. The minimum Gasteiger partial charge on any atom is -0.489 e. The first-order valence-electron chi connectivity index (χ1n) is 11.0. The molecule has 0 radical (unpaired) electrons. The average Bonchev–Trinajstić information content (AvgIpc) is 2.85. The molecule has 0 heterocycles. The van der Waals surface area contributed by atoms with E-state index in [2.05, 4.69) is 10.6 Å². The predicted molar refractivity (Wildman–Crippen MR) is 133 cm³/mol. The van der Waals surface area contributed by atoms with Crippen LogP contribution in [0.3, 0.4) is 0 Å². The second-order valence-electron chi connectivity index (χ2n) is 8.26. The number of nitrogens with one attached hydrogen (secondary N) is 2. The zero-order valence-corrected chi connectivity index (χ0v) is 20.1. The normalized spacial score (nSPS) is 11.5. The Kier molecular flexibility index (Phi) is 8.80. The van der Waals surface area contributed by atoms with Crippen LogP contribution >= 0.6 is 11.6 Å². The molecule has 0 saturated carbocycles. The number of hydrogen-bond acceptors (Lipinski definition) is 5. The number of carbonyl (C=O) groups excluding carboxylic acids is 2. The van der Waals surface area contributed by atoms with Gasteiger partial charge in [-0.25, -0.2) is 0 Å². The molecule has 0 spiro atoms. The van der Waals surface area contributed by atoms with Crippen molar-refractivity contribution in [1.82, 2.24) is 10.6 Å². The number of amides is 2. The van der Waals surface area contributed by atoms with Crippen molar-refractivity contribution < 1.29 is 19.2 Å². The predicted octanol–water partition coefficient (Wildman–Crippen LogP) is 4.90. The number of carbonyl (C=O) groups is 2. The Morgan fingerprint density at radius 2 is 1.71 bits per heavy atom. The molecule has 0 aliphatic heterocycles. The topological polar surface area (TPSA) is 111 Å². The number of nitrogens with zero attached hydrogens (tertiary/aromatic N) is 1. The van der Waals surface area contributed by atoms with Crippen LogP contribution in [0.4, 0.5) is 5.69 Å². The van der Waals surface area contributed by atoms with E-state index in [1.54, 1.807) is 13.8 Å². The Morgan fingerprint density at radius 3 is 2.37 bits per heavy atom. The third-order valence-electron chi connectivity index (χ3n) is 5.26. The summed E-state index contributed by atoms with van der Waals surface area (Å²) in [6.45, 7) is 4.29. The number of benzene rings is 3. The van der Waals surface area contributed by atoms with Crippen LogP contribution in [0.25, 0.3) is 0 Å². The molecular weight excluding hydrogens is 470 g/mol. The fraction of sp³-hybridized carbons (Fsp3) is 0.231.